The SMILES string of the molecule is CCOC(=O)c1cn2cc(N)c(N3CCCCC3)cc2n1. The minimum Gasteiger partial charge on any atom is -0.461 e. The number of carbonyl (C=O) groups is 1. The zero-order valence-electron chi connectivity index (χ0n) is 12.2. The summed E-state index contributed by atoms with van der Waals surface area (Å²) in [5.74, 6) is -0.403. The second-order valence-corrected chi connectivity index (χ2v) is 5.27. The lowest BCUT2D eigenvalue weighted by Crippen LogP contribution is -2.30. The number of anilines is 2. The maximum atomic E-state index is 11.7. The van der Waals surface area contributed by atoms with Gasteiger partial charge in [-0.05, 0) is 26.2 Å². The Morgan fingerprint density at radius 1 is 1.33 bits per heavy atom. The molecule has 1 saturated heterocycles. The molecule has 112 valence electrons. The molecule has 0 aliphatic carbocycles. The molecule has 0 bridgehead atoms. The third-order valence-electron chi connectivity index (χ3n) is 3.78. The second kappa shape index (κ2) is 5.63. The molecule has 0 amide bonds. The molecule has 1 aliphatic rings. The number of nitrogens with zero attached hydrogens (tertiary/aromatic N) is 3. The normalized spacial score (nSPS) is 15.4. The van der Waals surface area contributed by atoms with Crippen LogP contribution in [0.1, 0.15) is 36.7 Å². The number of pyridine rings is 1. The summed E-state index contributed by atoms with van der Waals surface area (Å²) in [4.78, 5) is 18.4. The molecular weight excluding hydrogens is 268 g/mol. The summed E-state index contributed by atoms with van der Waals surface area (Å²) in [5.41, 5.74) is 8.89. The fourth-order valence-electron chi connectivity index (χ4n) is 2.75. The Hall–Kier alpha value is -2.24. The van der Waals surface area contributed by atoms with Gasteiger partial charge in [-0.1, -0.05) is 0 Å². The number of aromatic nitrogens is 2. The van der Waals surface area contributed by atoms with Crippen molar-refractivity contribution in [2.24, 2.45) is 0 Å². The Kier molecular flexibility index (Phi) is 3.68. The number of nitrogens with two attached hydrogens (primary N) is 1. The maximum Gasteiger partial charge on any atom is 0.358 e. The number of hydrogen-bond donors (Lipinski definition) is 1. The van der Waals surface area contributed by atoms with Crippen LogP contribution in [0.15, 0.2) is 18.5 Å². The van der Waals surface area contributed by atoms with Crippen LogP contribution in [-0.2, 0) is 4.74 Å². The standard InChI is InChI=1S/C15H20N4O2/c1-2-21-15(20)12-10-19-9-11(16)13(8-14(19)17-12)18-6-4-3-5-7-18/h8-10H,2-7,16H2,1H3. The van der Waals surface area contributed by atoms with Crippen molar-refractivity contribution in [3.8, 4) is 0 Å². The highest BCUT2D eigenvalue weighted by Crippen LogP contribution is 2.27. The van der Waals surface area contributed by atoms with Gasteiger partial charge in [0, 0.05) is 31.5 Å². The quantitative estimate of drug-likeness (QED) is 0.875. The number of esters is 1. The summed E-state index contributed by atoms with van der Waals surface area (Å²) >= 11 is 0. The predicted octanol–water partition coefficient (Wildman–Crippen LogP) is 2.08. The Balaban J connectivity index is 1.96. The molecule has 6 nitrogen and oxygen atoms in total. The molecule has 2 aromatic rings. The van der Waals surface area contributed by atoms with E-state index in [1.54, 1.807) is 17.5 Å². The van der Waals surface area contributed by atoms with Crippen molar-refractivity contribution >= 4 is 23.0 Å². The second-order valence-electron chi connectivity index (χ2n) is 5.27. The number of ether oxygens (including phenoxy) is 1. The molecule has 2 N–H and O–H groups in total. The van der Waals surface area contributed by atoms with Gasteiger partial charge in [-0.25, -0.2) is 9.78 Å². The van der Waals surface area contributed by atoms with Gasteiger partial charge >= 0.3 is 5.97 Å². The van der Waals surface area contributed by atoms with E-state index in [4.69, 9.17) is 10.5 Å². The zero-order chi connectivity index (χ0) is 14.8. The molecule has 1 aliphatic heterocycles. The monoisotopic (exact) mass is 288 g/mol. The summed E-state index contributed by atoms with van der Waals surface area (Å²) in [6.07, 6.45) is 7.12. The molecule has 0 unspecified atom stereocenters. The van der Waals surface area contributed by atoms with Crippen molar-refractivity contribution in [3.63, 3.8) is 0 Å². The van der Waals surface area contributed by atoms with Crippen molar-refractivity contribution in [1.29, 1.82) is 0 Å². The highest BCUT2D eigenvalue weighted by Gasteiger charge is 2.17. The fourth-order valence-corrected chi connectivity index (χ4v) is 2.75. The van der Waals surface area contributed by atoms with E-state index >= 15 is 0 Å². The first-order chi connectivity index (χ1) is 10.2. The van der Waals surface area contributed by atoms with Gasteiger partial charge in [-0.3, -0.25) is 0 Å². The van der Waals surface area contributed by atoms with Crippen molar-refractivity contribution in [3.05, 3.63) is 24.2 Å². The van der Waals surface area contributed by atoms with Gasteiger partial charge in [0.25, 0.3) is 0 Å². The Morgan fingerprint density at radius 2 is 2.10 bits per heavy atom. The van der Waals surface area contributed by atoms with Crippen molar-refractivity contribution < 1.29 is 9.53 Å². The average Bonchev–Trinajstić information content (AvgIpc) is 2.90. The Bertz CT molecular complexity index is 659. The van der Waals surface area contributed by atoms with E-state index in [1.807, 2.05) is 12.3 Å². The summed E-state index contributed by atoms with van der Waals surface area (Å²) in [6, 6.07) is 1.95. The maximum absolute atomic E-state index is 11.7. The van der Waals surface area contributed by atoms with E-state index in [9.17, 15) is 4.79 Å². The lowest BCUT2D eigenvalue weighted by atomic mass is 10.1. The van der Waals surface area contributed by atoms with E-state index in [0.717, 1.165) is 18.8 Å². The molecule has 3 rings (SSSR count). The topological polar surface area (TPSA) is 72.9 Å². The van der Waals surface area contributed by atoms with Gasteiger partial charge in [-0.15, -0.1) is 0 Å². The minimum absolute atomic E-state index is 0.312. The summed E-state index contributed by atoms with van der Waals surface area (Å²) in [6.45, 7) is 4.16. The van der Waals surface area contributed by atoms with E-state index in [0.29, 0.717) is 23.6 Å². The molecule has 0 saturated carbocycles. The summed E-state index contributed by atoms with van der Waals surface area (Å²) in [7, 11) is 0. The van der Waals surface area contributed by atoms with Crippen LogP contribution >= 0.6 is 0 Å². The van der Waals surface area contributed by atoms with E-state index < -0.39 is 5.97 Å². The van der Waals surface area contributed by atoms with Crippen LogP contribution in [0, 0.1) is 0 Å². The van der Waals surface area contributed by atoms with Crippen LogP contribution < -0.4 is 10.6 Å². The first-order valence-corrected chi connectivity index (χ1v) is 7.39. The van der Waals surface area contributed by atoms with Crippen molar-refractivity contribution in [1.82, 2.24) is 9.38 Å². The zero-order valence-corrected chi connectivity index (χ0v) is 12.2. The number of rotatable bonds is 3. The number of piperidine rings is 1. The molecule has 0 spiro atoms. The van der Waals surface area contributed by atoms with E-state index in [-0.39, 0.29) is 0 Å². The smallest absolute Gasteiger partial charge is 0.358 e. The number of nitrogen functional groups attached to an aromatic ring is 1. The van der Waals surface area contributed by atoms with E-state index in [1.165, 1.54) is 19.3 Å². The minimum atomic E-state index is -0.403. The van der Waals surface area contributed by atoms with Crippen LogP contribution in [0.25, 0.3) is 5.65 Å². The first kappa shape index (κ1) is 13.7. The lowest BCUT2D eigenvalue weighted by molar-refractivity contribution is 0.0520. The van der Waals surface area contributed by atoms with E-state index in [2.05, 4.69) is 9.88 Å². The molecule has 3 heterocycles. The average molecular weight is 288 g/mol. The number of carbonyl (C=O) groups excluding carboxylic acids is 1. The summed E-state index contributed by atoms with van der Waals surface area (Å²) < 4.78 is 6.75. The molecule has 2 aromatic heterocycles. The fraction of sp³-hybridized carbons (Fsp3) is 0.467. The van der Waals surface area contributed by atoms with Gasteiger partial charge in [0.05, 0.1) is 18.0 Å². The predicted molar refractivity (Wildman–Crippen MR) is 81.6 cm³/mol. The Labute approximate surface area is 123 Å². The molecular formula is C15H20N4O2. The van der Waals surface area contributed by atoms with Gasteiger partial charge in [0.2, 0.25) is 0 Å². The summed E-state index contributed by atoms with van der Waals surface area (Å²) in [5, 5.41) is 0. The first-order valence-electron chi connectivity index (χ1n) is 7.39. The molecule has 6 heteroatoms. The third kappa shape index (κ3) is 2.66. The van der Waals surface area contributed by atoms with Crippen LogP contribution in [0.4, 0.5) is 11.4 Å². The molecule has 21 heavy (non-hydrogen) atoms. The highest BCUT2D eigenvalue weighted by molar-refractivity contribution is 5.88. The van der Waals surface area contributed by atoms with Crippen LogP contribution in [0.2, 0.25) is 0 Å². The van der Waals surface area contributed by atoms with Crippen LogP contribution in [0.3, 0.4) is 0 Å². The van der Waals surface area contributed by atoms with Crippen molar-refractivity contribution in [2.75, 3.05) is 30.3 Å². The number of fused-ring (bicyclic) bond motifs is 1. The van der Waals surface area contributed by atoms with Crippen molar-refractivity contribution in [2.45, 2.75) is 26.2 Å². The largest absolute Gasteiger partial charge is 0.461 e. The Morgan fingerprint density at radius 3 is 2.81 bits per heavy atom. The van der Waals surface area contributed by atoms with Gasteiger partial charge in [0.1, 0.15) is 5.65 Å². The van der Waals surface area contributed by atoms with Gasteiger partial charge in [0.15, 0.2) is 5.69 Å². The molecule has 0 atom stereocenters. The highest BCUT2D eigenvalue weighted by atomic mass is 16.5. The molecule has 0 aromatic carbocycles. The molecule has 1 fully saturated rings. The molecule has 0 radical (unpaired) electrons. The van der Waals surface area contributed by atoms with Crippen LogP contribution in [-0.4, -0.2) is 35.1 Å². The van der Waals surface area contributed by atoms with Crippen LogP contribution in [0.5, 0.6) is 0 Å². The van der Waals surface area contributed by atoms with Gasteiger partial charge in [-0.2, -0.15) is 0 Å². The third-order valence-corrected chi connectivity index (χ3v) is 3.78. The number of imidazole rings is 1. The lowest BCUT2D eigenvalue weighted by Gasteiger charge is -2.29. The van der Waals surface area contributed by atoms with Gasteiger partial charge < -0.3 is 19.8 Å². The number of hydrogen-bond acceptors (Lipinski definition) is 5.